The maximum absolute atomic E-state index is 12.7. The summed E-state index contributed by atoms with van der Waals surface area (Å²) in [5, 5.41) is 8.19. The third-order valence-electron chi connectivity index (χ3n) is 5.63. The number of anilines is 1. The number of nitrogens with zero attached hydrogens (tertiary/aromatic N) is 1. The fraction of sp³-hybridized carbons (Fsp3) is 0.542. The van der Waals surface area contributed by atoms with E-state index in [1.165, 1.54) is 69.1 Å². The lowest BCUT2D eigenvalue weighted by Gasteiger charge is -2.19. The first-order valence-corrected chi connectivity index (χ1v) is 12.2. The second-order valence-electron chi connectivity index (χ2n) is 8.18. The van der Waals surface area contributed by atoms with Crippen LogP contribution in [0.4, 0.5) is 5.13 Å². The highest BCUT2D eigenvalue weighted by atomic mass is 32.1. The van der Waals surface area contributed by atoms with Crippen molar-refractivity contribution in [3.05, 3.63) is 47.0 Å². The van der Waals surface area contributed by atoms with Crippen LogP contribution in [-0.4, -0.2) is 22.8 Å². The Balaban J connectivity index is 1.49. The molecule has 1 fully saturated rings. The molecule has 1 aliphatic carbocycles. The average molecular weight is 428 g/mol. The zero-order chi connectivity index (χ0) is 21.0. The lowest BCUT2D eigenvalue weighted by Crippen LogP contribution is -2.35. The predicted molar refractivity (Wildman–Crippen MR) is 123 cm³/mol. The van der Waals surface area contributed by atoms with Crippen LogP contribution in [0, 0.1) is 0 Å². The number of aromatic nitrogens is 1. The number of benzene rings is 1. The van der Waals surface area contributed by atoms with E-state index in [1.807, 2.05) is 30.3 Å². The van der Waals surface area contributed by atoms with Crippen LogP contribution in [0.5, 0.6) is 0 Å². The van der Waals surface area contributed by atoms with E-state index in [2.05, 4.69) is 15.6 Å². The number of thiazole rings is 1. The Labute approximate surface area is 183 Å². The highest BCUT2D eigenvalue weighted by Gasteiger charge is 2.17. The first-order chi connectivity index (χ1) is 14.7. The van der Waals surface area contributed by atoms with Crippen molar-refractivity contribution in [1.29, 1.82) is 0 Å². The smallest absolute Gasteiger partial charge is 0.271 e. The second kappa shape index (κ2) is 12.5. The minimum absolute atomic E-state index is 0.123. The van der Waals surface area contributed by atoms with Gasteiger partial charge in [-0.3, -0.25) is 9.59 Å². The van der Waals surface area contributed by atoms with Crippen molar-refractivity contribution in [2.45, 2.75) is 83.1 Å². The van der Waals surface area contributed by atoms with E-state index in [4.69, 9.17) is 0 Å². The molecule has 0 saturated heterocycles. The molecule has 30 heavy (non-hydrogen) atoms. The molecule has 1 aromatic heterocycles. The van der Waals surface area contributed by atoms with Gasteiger partial charge in [-0.15, -0.1) is 11.3 Å². The van der Waals surface area contributed by atoms with Crippen LogP contribution >= 0.6 is 11.3 Å². The number of carbonyl (C=O) groups is 2. The maximum Gasteiger partial charge on any atom is 0.271 e. The molecule has 1 heterocycles. The molecule has 1 aliphatic rings. The number of hydrogen-bond donors (Lipinski definition) is 2. The van der Waals surface area contributed by atoms with E-state index in [1.54, 1.807) is 5.38 Å². The molecule has 162 valence electrons. The van der Waals surface area contributed by atoms with Crippen molar-refractivity contribution in [2.75, 3.05) is 5.32 Å². The van der Waals surface area contributed by atoms with Crippen LogP contribution in [0.3, 0.4) is 0 Å². The van der Waals surface area contributed by atoms with Crippen LogP contribution in [0.2, 0.25) is 0 Å². The summed E-state index contributed by atoms with van der Waals surface area (Å²) in [4.78, 5) is 29.2. The first kappa shape index (κ1) is 22.5. The predicted octanol–water partition coefficient (Wildman–Crippen LogP) is 5.73. The molecule has 0 bridgehead atoms. The Bertz CT molecular complexity index is 779. The Morgan fingerprint density at radius 2 is 1.50 bits per heavy atom. The normalized spacial score (nSPS) is 16.8. The minimum Gasteiger partial charge on any atom is -0.348 e. The maximum atomic E-state index is 12.7. The van der Waals surface area contributed by atoms with Gasteiger partial charge in [0, 0.05) is 11.4 Å². The van der Waals surface area contributed by atoms with Crippen molar-refractivity contribution >= 4 is 28.3 Å². The lowest BCUT2D eigenvalue weighted by atomic mass is 9.98. The lowest BCUT2D eigenvalue weighted by molar-refractivity contribution is -0.115. The molecule has 5 nitrogen and oxygen atoms in total. The van der Waals surface area contributed by atoms with Gasteiger partial charge in [-0.2, -0.15) is 0 Å². The summed E-state index contributed by atoms with van der Waals surface area (Å²) in [6.45, 7) is 0. The van der Waals surface area contributed by atoms with Gasteiger partial charge in [0.1, 0.15) is 5.69 Å². The Hall–Kier alpha value is -2.21. The van der Waals surface area contributed by atoms with Gasteiger partial charge >= 0.3 is 0 Å². The topological polar surface area (TPSA) is 71.1 Å². The summed E-state index contributed by atoms with van der Waals surface area (Å²) >= 11 is 1.29. The third kappa shape index (κ3) is 7.90. The summed E-state index contributed by atoms with van der Waals surface area (Å²) in [5.41, 5.74) is 1.34. The molecule has 2 N–H and O–H groups in total. The van der Waals surface area contributed by atoms with Crippen molar-refractivity contribution in [2.24, 2.45) is 0 Å². The number of nitrogens with one attached hydrogen (secondary N) is 2. The number of rotatable bonds is 5. The van der Waals surface area contributed by atoms with E-state index in [0.29, 0.717) is 17.2 Å². The molecule has 3 rings (SSSR count). The number of amides is 2. The summed E-state index contributed by atoms with van der Waals surface area (Å²) in [6.07, 6.45) is 13.9. The van der Waals surface area contributed by atoms with Gasteiger partial charge in [0.05, 0.1) is 6.42 Å². The van der Waals surface area contributed by atoms with Gasteiger partial charge in [0.2, 0.25) is 5.91 Å². The quantitative estimate of drug-likeness (QED) is 0.640. The van der Waals surface area contributed by atoms with Crippen LogP contribution < -0.4 is 10.6 Å². The Morgan fingerprint density at radius 1 is 0.900 bits per heavy atom. The highest BCUT2D eigenvalue weighted by Crippen LogP contribution is 2.19. The van der Waals surface area contributed by atoms with Crippen molar-refractivity contribution in [3.63, 3.8) is 0 Å². The molecule has 0 unspecified atom stereocenters. The fourth-order valence-corrected chi connectivity index (χ4v) is 4.65. The molecular weight excluding hydrogens is 394 g/mol. The highest BCUT2D eigenvalue weighted by molar-refractivity contribution is 7.14. The molecule has 2 amide bonds. The van der Waals surface area contributed by atoms with Crippen molar-refractivity contribution in [1.82, 2.24) is 10.3 Å². The van der Waals surface area contributed by atoms with Gasteiger partial charge < -0.3 is 10.6 Å². The summed E-state index contributed by atoms with van der Waals surface area (Å²) in [6, 6.07) is 9.81. The molecule has 1 saturated carbocycles. The summed E-state index contributed by atoms with van der Waals surface area (Å²) in [7, 11) is 0. The fourth-order valence-electron chi connectivity index (χ4n) is 3.95. The molecule has 6 heteroatoms. The van der Waals surface area contributed by atoms with Gasteiger partial charge in [-0.25, -0.2) is 4.98 Å². The Morgan fingerprint density at radius 3 is 2.13 bits per heavy atom. The second-order valence-corrected chi connectivity index (χ2v) is 9.04. The monoisotopic (exact) mass is 427 g/mol. The van der Waals surface area contributed by atoms with E-state index < -0.39 is 0 Å². The number of carbonyl (C=O) groups excluding carboxylic acids is 2. The summed E-state index contributed by atoms with van der Waals surface area (Å²) in [5.74, 6) is -0.256. The molecule has 0 aliphatic heterocycles. The molecular formula is C24H33N3O2S. The van der Waals surface area contributed by atoms with Crippen LogP contribution in [-0.2, 0) is 11.2 Å². The van der Waals surface area contributed by atoms with E-state index in [9.17, 15) is 9.59 Å². The zero-order valence-corrected chi connectivity index (χ0v) is 18.5. The largest absolute Gasteiger partial charge is 0.348 e. The molecule has 2 aromatic rings. The minimum atomic E-state index is -0.132. The van der Waals surface area contributed by atoms with Gasteiger partial charge in [-0.1, -0.05) is 88.1 Å². The van der Waals surface area contributed by atoms with Crippen LogP contribution in [0.15, 0.2) is 35.7 Å². The number of hydrogen-bond acceptors (Lipinski definition) is 4. The molecule has 0 radical (unpaired) electrons. The molecule has 0 atom stereocenters. The van der Waals surface area contributed by atoms with E-state index in [-0.39, 0.29) is 17.9 Å². The zero-order valence-electron chi connectivity index (χ0n) is 17.7. The van der Waals surface area contributed by atoms with Gasteiger partial charge in [-0.05, 0) is 18.4 Å². The van der Waals surface area contributed by atoms with E-state index in [0.717, 1.165) is 18.4 Å². The molecule has 1 aromatic carbocycles. The summed E-state index contributed by atoms with van der Waals surface area (Å²) < 4.78 is 0. The van der Waals surface area contributed by atoms with Crippen molar-refractivity contribution < 1.29 is 9.59 Å². The standard InChI is InChI=1S/C24H33N3O2S/c28-22(17-19-13-9-8-10-14-19)27-24-26-21(18-30-24)23(29)25-20-15-11-6-4-2-1-3-5-7-12-16-20/h8-10,13-14,18,20H,1-7,11-12,15-17H2,(H,25,29)(H,26,27,28). The van der Waals surface area contributed by atoms with Gasteiger partial charge in [0.25, 0.3) is 5.91 Å². The van der Waals surface area contributed by atoms with E-state index >= 15 is 0 Å². The Kier molecular flexibility index (Phi) is 9.35. The molecule has 0 spiro atoms. The van der Waals surface area contributed by atoms with Crippen LogP contribution in [0.1, 0.15) is 86.7 Å². The SMILES string of the molecule is O=C(Cc1ccccc1)Nc1nc(C(=O)NC2CCCCCCCCCCC2)cs1. The van der Waals surface area contributed by atoms with Crippen molar-refractivity contribution in [3.8, 4) is 0 Å². The third-order valence-corrected chi connectivity index (χ3v) is 6.39. The van der Waals surface area contributed by atoms with Gasteiger partial charge in [0.15, 0.2) is 5.13 Å². The first-order valence-electron chi connectivity index (χ1n) is 11.3. The average Bonchev–Trinajstić information content (AvgIpc) is 3.19. The van der Waals surface area contributed by atoms with Crippen LogP contribution in [0.25, 0.3) is 0 Å².